The number of phenolic OH excluding ortho intramolecular Hbond substituents is 2. The van der Waals surface area contributed by atoms with Crippen molar-refractivity contribution in [3.05, 3.63) is 163 Å². The normalized spacial score (nSPS) is 12.6. The molecule has 0 aliphatic rings. The molecule has 0 radical (unpaired) electrons. The average molecular weight is 805 g/mol. The summed E-state index contributed by atoms with van der Waals surface area (Å²) in [5.74, 6) is -0.335. The highest BCUT2D eigenvalue weighted by Crippen LogP contribution is 2.37. The second kappa shape index (κ2) is 15.8. The van der Waals surface area contributed by atoms with Crippen LogP contribution in [0.15, 0.2) is 146 Å². The van der Waals surface area contributed by atoms with Crippen molar-refractivity contribution >= 4 is 33.3 Å². The number of para-hydroxylation sites is 2. The maximum absolute atomic E-state index is 13.2. The minimum Gasteiger partial charge on any atom is -0.505 e. The van der Waals surface area contributed by atoms with E-state index < -0.39 is 0 Å². The van der Waals surface area contributed by atoms with Gasteiger partial charge in [0.05, 0.1) is 35.9 Å². The molecule has 16 heteroatoms. The third-order valence-electron chi connectivity index (χ3n) is 10.3. The lowest BCUT2D eigenvalue weighted by Gasteiger charge is -2.09. The Kier molecular flexibility index (Phi) is 10.3. The number of fused-ring (bicyclic) bond motifs is 2. The third-order valence-corrected chi connectivity index (χ3v) is 10.3. The van der Waals surface area contributed by atoms with Gasteiger partial charge >= 0.3 is 0 Å². The lowest BCUT2D eigenvalue weighted by atomic mass is 10.1. The molecule has 0 spiro atoms. The first kappa shape index (κ1) is 39.0. The molecule has 16 nitrogen and oxygen atoms in total. The number of aromatic hydroxyl groups is 2. The molecule has 0 saturated heterocycles. The first-order valence-corrected chi connectivity index (χ1v) is 19.0. The lowest BCUT2D eigenvalue weighted by molar-refractivity contribution is 0.470. The number of phenols is 2. The molecule has 0 aliphatic heterocycles. The van der Waals surface area contributed by atoms with Crippen molar-refractivity contribution in [2.75, 3.05) is 13.1 Å². The van der Waals surface area contributed by atoms with E-state index in [1.807, 2.05) is 50.2 Å². The summed E-state index contributed by atoms with van der Waals surface area (Å²) in [5, 5.41) is 40.8. The van der Waals surface area contributed by atoms with E-state index in [4.69, 9.17) is 8.83 Å². The Morgan fingerprint density at radius 1 is 0.533 bits per heavy atom. The Morgan fingerprint density at radius 3 is 1.30 bits per heavy atom. The van der Waals surface area contributed by atoms with Crippen molar-refractivity contribution in [2.24, 2.45) is 30.7 Å². The third kappa shape index (κ3) is 7.03. The highest BCUT2D eigenvalue weighted by Gasteiger charge is 2.19. The molecule has 302 valence electrons. The van der Waals surface area contributed by atoms with Crippen molar-refractivity contribution in [1.29, 1.82) is 0 Å². The van der Waals surface area contributed by atoms with Gasteiger partial charge in [0.1, 0.15) is 11.5 Å². The Labute approximate surface area is 341 Å². The predicted octanol–water partition coefficient (Wildman–Crippen LogP) is 7.94. The molecule has 0 atom stereocenters. The molecule has 4 aromatic carbocycles. The second-order valence-corrected chi connectivity index (χ2v) is 14.2. The number of hydrogen-bond donors (Lipinski definition) is 2. The van der Waals surface area contributed by atoms with Crippen LogP contribution in [0, 0.1) is 41.5 Å². The quantitative estimate of drug-likeness (QED) is 0.110. The van der Waals surface area contributed by atoms with Crippen molar-refractivity contribution in [1.82, 2.24) is 18.9 Å². The smallest absolute Gasteiger partial charge is 0.276 e. The maximum atomic E-state index is 13.2. The highest BCUT2D eigenvalue weighted by atomic mass is 16.3. The van der Waals surface area contributed by atoms with Crippen LogP contribution < -0.4 is 22.2 Å². The molecular formula is C44H40N10O6. The topological polar surface area (TPSA) is 195 Å². The zero-order chi connectivity index (χ0) is 42.2. The van der Waals surface area contributed by atoms with Gasteiger partial charge in [0.25, 0.3) is 11.1 Å². The van der Waals surface area contributed by atoms with Gasteiger partial charge in [0, 0.05) is 34.0 Å². The molecule has 0 bridgehead atoms. The predicted molar refractivity (Wildman–Crippen MR) is 225 cm³/mol. The molecule has 0 unspecified atom stereocenters. The minimum absolute atomic E-state index is 0.0715. The molecule has 8 aromatic rings. The summed E-state index contributed by atoms with van der Waals surface area (Å²) in [6.45, 7) is 11.2. The molecule has 2 N–H and O–H groups in total. The summed E-state index contributed by atoms with van der Waals surface area (Å²) in [6, 6.07) is 28.2. The molecule has 0 fully saturated rings. The Bertz CT molecular complexity index is 3070. The SMILES string of the molecule is Cc1c(C)n(N=Nc2c(O)ccc3c(C)cc(=NCCN=c4cc(C)c5ccc(O)c(N=Nn6c(C)c(C)c(=O)n6-c6ccccc6)c5o4)oc23)n(-c2ccccc2)c1=O. The second-order valence-electron chi connectivity index (χ2n) is 14.2. The Hall–Kier alpha value is -7.88. The van der Waals surface area contributed by atoms with Gasteiger partial charge in [-0.05, 0) is 112 Å². The van der Waals surface area contributed by atoms with E-state index in [1.165, 1.54) is 31.1 Å². The summed E-state index contributed by atoms with van der Waals surface area (Å²) in [5.41, 5.74) is 5.80. The fourth-order valence-corrected chi connectivity index (χ4v) is 6.79. The number of aromatic nitrogens is 4. The van der Waals surface area contributed by atoms with Crippen molar-refractivity contribution in [2.45, 2.75) is 41.5 Å². The van der Waals surface area contributed by atoms with E-state index in [-0.39, 0.29) is 69.4 Å². The van der Waals surface area contributed by atoms with Gasteiger partial charge in [-0.1, -0.05) is 36.4 Å². The van der Waals surface area contributed by atoms with Crippen molar-refractivity contribution < 1.29 is 19.0 Å². The highest BCUT2D eigenvalue weighted by molar-refractivity contribution is 5.92. The molecule has 0 saturated carbocycles. The zero-order valence-corrected chi connectivity index (χ0v) is 33.7. The summed E-state index contributed by atoms with van der Waals surface area (Å²) in [4.78, 5) is 38.4. The van der Waals surface area contributed by atoms with E-state index in [2.05, 4.69) is 30.7 Å². The molecular weight excluding hydrogens is 765 g/mol. The summed E-state index contributed by atoms with van der Waals surface area (Å²) in [6.07, 6.45) is 0. The van der Waals surface area contributed by atoms with Gasteiger partial charge in [0.2, 0.25) is 11.1 Å². The molecule has 4 aromatic heterocycles. The van der Waals surface area contributed by atoms with Crippen molar-refractivity contribution in [3.63, 3.8) is 0 Å². The average Bonchev–Trinajstić information content (AvgIpc) is 3.59. The molecule has 4 heterocycles. The number of rotatable bonds is 9. The van der Waals surface area contributed by atoms with E-state index >= 15 is 0 Å². The van der Waals surface area contributed by atoms with Gasteiger partial charge in [-0.25, -0.2) is 9.98 Å². The van der Waals surface area contributed by atoms with Crippen LogP contribution in [-0.4, -0.2) is 42.2 Å². The molecule has 0 aliphatic carbocycles. The van der Waals surface area contributed by atoms with E-state index in [0.29, 0.717) is 44.7 Å². The fraction of sp³-hybridized carbons (Fsp3) is 0.182. The Balaban J connectivity index is 1.11. The van der Waals surface area contributed by atoms with Crippen LogP contribution in [0.2, 0.25) is 0 Å². The van der Waals surface area contributed by atoms with Crippen LogP contribution in [0.1, 0.15) is 33.6 Å². The largest absolute Gasteiger partial charge is 0.505 e. The van der Waals surface area contributed by atoms with Crippen LogP contribution in [0.4, 0.5) is 11.4 Å². The number of aryl methyl sites for hydroxylation is 2. The van der Waals surface area contributed by atoms with Gasteiger partial charge in [0.15, 0.2) is 22.5 Å². The van der Waals surface area contributed by atoms with Crippen LogP contribution >= 0.6 is 0 Å². The molecule has 8 rings (SSSR count). The monoisotopic (exact) mass is 804 g/mol. The van der Waals surface area contributed by atoms with Gasteiger partial charge in [-0.15, -0.1) is 19.8 Å². The van der Waals surface area contributed by atoms with Gasteiger partial charge in [-0.2, -0.15) is 9.36 Å². The van der Waals surface area contributed by atoms with E-state index in [0.717, 1.165) is 11.1 Å². The lowest BCUT2D eigenvalue weighted by Crippen LogP contribution is -2.19. The minimum atomic E-state index is -0.239. The fourth-order valence-electron chi connectivity index (χ4n) is 6.79. The molecule has 60 heavy (non-hydrogen) atoms. The van der Waals surface area contributed by atoms with Crippen LogP contribution in [0.3, 0.4) is 0 Å². The summed E-state index contributed by atoms with van der Waals surface area (Å²) in [7, 11) is 0. The number of benzene rings is 4. The van der Waals surface area contributed by atoms with Crippen LogP contribution in [0.25, 0.3) is 33.3 Å². The van der Waals surface area contributed by atoms with Crippen LogP contribution in [-0.2, 0) is 0 Å². The molecule has 0 amide bonds. The first-order chi connectivity index (χ1) is 28.9. The maximum Gasteiger partial charge on any atom is 0.276 e. The van der Waals surface area contributed by atoms with E-state index in [1.54, 1.807) is 76.2 Å². The summed E-state index contributed by atoms with van der Waals surface area (Å²) >= 11 is 0. The van der Waals surface area contributed by atoms with Gasteiger partial charge in [-0.3, -0.25) is 9.59 Å². The standard InChI is InChI=1S/C44H40N10O6/c1-25-23-37(59-41-33(25)17-19-35(55)39(41)47-49-53-29(5)27(3)43(57)51(53)31-13-9-7-10-14-31)45-21-22-46-38-24-26(2)34-18-20-36(56)40(42(34)60-38)48-50-54-30(6)28(4)44(58)52(54)32-15-11-8-12-16-32/h7-20,23-24,55-56H,21-22H2,1-6H3. The van der Waals surface area contributed by atoms with E-state index in [9.17, 15) is 19.8 Å². The Morgan fingerprint density at radius 2 is 0.917 bits per heavy atom. The number of hydrogen-bond acceptors (Lipinski definition) is 12. The summed E-state index contributed by atoms with van der Waals surface area (Å²) < 4.78 is 15.2. The van der Waals surface area contributed by atoms with Gasteiger partial charge < -0.3 is 19.0 Å². The number of nitrogens with zero attached hydrogens (tertiary/aromatic N) is 10. The van der Waals surface area contributed by atoms with Crippen molar-refractivity contribution in [3.8, 4) is 22.9 Å². The zero-order valence-electron chi connectivity index (χ0n) is 33.7. The van der Waals surface area contributed by atoms with Crippen LogP contribution in [0.5, 0.6) is 11.5 Å². The first-order valence-electron chi connectivity index (χ1n) is 19.0.